The number of hydrogen-bond acceptors (Lipinski definition) is 1. The van der Waals surface area contributed by atoms with Crippen molar-refractivity contribution in [3.8, 4) is 0 Å². The van der Waals surface area contributed by atoms with Crippen LogP contribution in [0.15, 0.2) is 18.2 Å². The molecule has 1 aliphatic rings. The van der Waals surface area contributed by atoms with Gasteiger partial charge in [0.15, 0.2) is 0 Å². The first kappa shape index (κ1) is 14.2. The number of alkyl halides is 3. The van der Waals surface area contributed by atoms with Gasteiger partial charge in [-0.1, -0.05) is 17.7 Å². The molecule has 1 amide bonds. The summed E-state index contributed by atoms with van der Waals surface area (Å²) in [7, 11) is 0. The highest BCUT2D eigenvalue weighted by Gasteiger charge is 2.44. The second-order valence-corrected chi connectivity index (χ2v) is 5.15. The molecule has 0 spiro atoms. The molecule has 6 heteroatoms. The predicted octanol–water partition coefficient (Wildman–Crippen LogP) is 3.22. The summed E-state index contributed by atoms with van der Waals surface area (Å²) in [4.78, 5) is 12.3. The molecule has 0 aliphatic carbocycles. The summed E-state index contributed by atoms with van der Waals surface area (Å²) in [6, 6.07) is 4.79. The number of fused-ring (bicyclic) bond motifs is 1. The topological polar surface area (TPSA) is 20.3 Å². The van der Waals surface area contributed by atoms with E-state index in [0.29, 0.717) is 17.9 Å². The molecule has 0 saturated heterocycles. The van der Waals surface area contributed by atoms with Gasteiger partial charge in [0.25, 0.3) is 0 Å². The summed E-state index contributed by atoms with van der Waals surface area (Å²) in [5, 5.41) is 0.557. The van der Waals surface area contributed by atoms with Gasteiger partial charge in [-0.25, -0.2) is 0 Å². The third-order valence-electron chi connectivity index (χ3n) is 3.34. The summed E-state index contributed by atoms with van der Waals surface area (Å²) >= 11 is 5.89. The van der Waals surface area contributed by atoms with E-state index in [4.69, 9.17) is 11.6 Å². The molecule has 1 aromatic rings. The minimum absolute atomic E-state index is 0.0775. The van der Waals surface area contributed by atoms with Gasteiger partial charge in [-0.3, -0.25) is 4.79 Å². The van der Waals surface area contributed by atoms with E-state index in [1.54, 1.807) is 19.1 Å². The molecule has 0 aromatic heterocycles. The molecule has 0 saturated carbocycles. The number of nitrogens with zero attached hydrogens (tertiary/aromatic N) is 1. The van der Waals surface area contributed by atoms with Gasteiger partial charge in [0.05, 0.1) is 0 Å². The van der Waals surface area contributed by atoms with Crippen molar-refractivity contribution in [2.45, 2.75) is 32.0 Å². The first-order chi connectivity index (χ1) is 8.79. The summed E-state index contributed by atoms with van der Waals surface area (Å²) in [6.07, 6.45) is -4.02. The van der Waals surface area contributed by atoms with Gasteiger partial charge in [0.1, 0.15) is 0 Å². The summed E-state index contributed by atoms with van der Waals surface area (Å²) in [6.45, 7) is 1.70. The molecular formula is C13H13ClF3NO. The van der Waals surface area contributed by atoms with Crippen LogP contribution in [0, 0.1) is 0 Å². The third-order valence-corrected chi connectivity index (χ3v) is 3.58. The van der Waals surface area contributed by atoms with Crippen LogP contribution >= 0.6 is 11.6 Å². The molecule has 0 radical (unpaired) electrons. The van der Waals surface area contributed by atoms with Crippen molar-refractivity contribution >= 4 is 17.5 Å². The van der Waals surface area contributed by atoms with Crippen molar-refractivity contribution < 1.29 is 18.0 Å². The molecule has 0 N–H and O–H groups in total. The fourth-order valence-electron chi connectivity index (χ4n) is 2.38. The zero-order valence-corrected chi connectivity index (χ0v) is 11.1. The predicted molar refractivity (Wildman–Crippen MR) is 66.1 cm³/mol. The Morgan fingerprint density at radius 3 is 2.68 bits per heavy atom. The third kappa shape index (κ3) is 3.03. The summed E-state index contributed by atoms with van der Waals surface area (Å²) < 4.78 is 37.6. The van der Waals surface area contributed by atoms with Gasteiger partial charge in [0, 0.05) is 17.6 Å². The van der Waals surface area contributed by atoms with Crippen LogP contribution in [-0.4, -0.2) is 29.6 Å². The Hall–Kier alpha value is -1.23. The zero-order valence-electron chi connectivity index (χ0n) is 10.3. The Bertz CT molecular complexity index is 501. The van der Waals surface area contributed by atoms with E-state index < -0.39 is 18.1 Å². The Morgan fingerprint density at radius 1 is 1.37 bits per heavy atom. The molecule has 104 valence electrons. The van der Waals surface area contributed by atoms with Crippen LogP contribution in [0.4, 0.5) is 13.2 Å². The monoisotopic (exact) mass is 291 g/mol. The van der Waals surface area contributed by atoms with Crippen LogP contribution in [0.25, 0.3) is 0 Å². The maximum absolute atomic E-state index is 12.5. The van der Waals surface area contributed by atoms with Crippen LogP contribution < -0.4 is 0 Å². The number of halogens is 4. The van der Waals surface area contributed by atoms with Gasteiger partial charge in [-0.15, -0.1) is 0 Å². The van der Waals surface area contributed by atoms with Crippen molar-refractivity contribution in [1.29, 1.82) is 0 Å². The number of benzene rings is 1. The van der Waals surface area contributed by atoms with Crippen LogP contribution in [0.1, 0.15) is 18.1 Å². The van der Waals surface area contributed by atoms with E-state index >= 15 is 0 Å². The average Bonchev–Trinajstić information content (AvgIpc) is 2.45. The summed E-state index contributed by atoms with van der Waals surface area (Å²) in [5.41, 5.74) is 1.87. The minimum Gasteiger partial charge on any atom is -0.332 e. The molecule has 1 unspecified atom stereocenters. The van der Waals surface area contributed by atoms with Crippen LogP contribution in [0.2, 0.25) is 5.02 Å². The second-order valence-electron chi connectivity index (χ2n) is 4.71. The van der Waals surface area contributed by atoms with Crippen LogP contribution in [0.5, 0.6) is 0 Å². The molecule has 1 aromatic carbocycles. The zero-order chi connectivity index (χ0) is 14.2. The largest absolute Gasteiger partial charge is 0.471 e. The maximum atomic E-state index is 12.5. The number of hydrogen-bond donors (Lipinski definition) is 0. The Balaban J connectivity index is 2.25. The molecule has 0 fully saturated rings. The average molecular weight is 292 g/mol. The van der Waals surface area contributed by atoms with Gasteiger partial charge >= 0.3 is 12.1 Å². The van der Waals surface area contributed by atoms with Crippen molar-refractivity contribution in [3.05, 3.63) is 34.3 Å². The molecule has 1 aliphatic heterocycles. The summed E-state index contributed by atoms with van der Waals surface area (Å²) in [5.74, 6) is -1.76. The number of amides is 1. The second kappa shape index (κ2) is 5.04. The fraction of sp³-hybridized carbons (Fsp3) is 0.462. The molecule has 1 atom stereocenters. The van der Waals surface area contributed by atoms with Gasteiger partial charge in [0.2, 0.25) is 0 Å². The SMILES string of the molecule is CC1Cc2cc(Cl)ccc2CCN1C(=O)C(F)(F)F. The van der Waals surface area contributed by atoms with Crippen LogP contribution in [-0.2, 0) is 17.6 Å². The standard InChI is InChI=1S/C13H13ClF3NO/c1-8-6-10-7-11(14)3-2-9(10)4-5-18(8)12(19)13(15,16)17/h2-3,7-8H,4-6H2,1H3. The lowest BCUT2D eigenvalue weighted by Crippen LogP contribution is -2.46. The molecule has 0 bridgehead atoms. The number of rotatable bonds is 0. The molecule has 19 heavy (non-hydrogen) atoms. The van der Waals surface area contributed by atoms with E-state index in [1.165, 1.54) is 0 Å². The van der Waals surface area contributed by atoms with Crippen molar-refractivity contribution in [3.63, 3.8) is 0 Å². The quantitative estimate of drug-likeness (QED) is 0.719. The highest BCUT2D eigenvalue weighted by molar-refractivity contribution is 6.30. The van der Waals surface area contributed by atoms with Crippen LogP contribution in [0.3, 0.4) is 0 Å². The van der Waals surface area contributed by atoms with Gasteiger partial charge in [-0.05, 0) is 43.0 Å². The molecule has 2 nitrogen and oxygen atoms in total. The van der Waals surface area contributed by atoms with Gasteiger partial charge in [-0.2, -0.15) is 13.2 Å². The lowest BCUT2D eigenvalue weighted by atomic mass is 10.0. The van der Waals surface area contributed by atoms with E-state index in [0.717, 1.165) is 16.0 Å². The van der Waals surface area contributed by atoms with E-state index in [2.05, 4.69) is 0 Å². The Morgan fingerprint density at radius 2 is 2.05 bits per heavy atom. The highest BCUT2D eigenvalue weighted by atomic mass is 35.5. The first-order valence-corrected chi connectivity index (χ1v) is 6.32. The van der Waals surface area contributed by atoms with Gasteiger partial charge < -0.3 is 4.90 Å². The number of carbonyl (C=O) groups is 1. The fourth-order valence-corrected chi connectivity index (χ4v) is 2.58. The van der Waals surface area contributed by atoms with Crippen molar-refractivity contribution in [2.75, 3.05) is 6.54 Å². The van der Waals surface area contributed by atoms with E-state index in [9.17, 15) is 18.0 Å². The Labute approximate surface area is 114 Å². The smallest absolute Gasteiger partial charge is 0.332 e. The maximum Gasteiger partial charge on any atom is 0.471 e. The highest BCUT2D eigenvalue weighted by Crippen LogP contribution is 2.26. The van der Waals surface area contributed by atoms with Crippen molar-refractivity contribution in [1.82, 2.24) is 4.90 Å². The lowest BCUT2D eigenvalue weighted by molar-refractivity contribution is -0.187. The Kier molecular flexibility index (Phi) is 3.76. The molecular weight excluding hydrogens is 279 g/mol. The molecule has 1 heterocycles. The molecule has 2 rings (SSSR count). The minimum atomic E-state index is -4.82. The first-order valence-electron chi connectivity index (χ1n) is 5.94. The number of carbonyl (C=O) groups excluding carboxylic acids is 1. The lowest BCUT2D eigenvalue weighted by Gasteiger charge is -2.27. The normalized spacial score (nSPS) is 19.8. The van der Waals surface area contributed by atoms with E-state index in [-0.39, 0.29) is 6.54 Å². The van der Waals surface area contributed by atoms with E-state index in [1.807, 2.05) is 6.07 Å². The van der Waals surface area contributed by atoms with Crippen molar-refractivity contribution in [2.24, 2.45) is 0 Å².